The van der Waals surface area contributed by atoms with Gasteiger partial charge in [0.15, 0.2) is 0 Å². The Bertz CT molecular complexity index is 678. The Hall–Kier alpha value is -1.43. The Morgan fingerprint density at radius 2 is 1.85 bits per heavy atom. The molecule has 0 radical (unpaired) electrons. The molecule has 3 N–H and O–H groups in total. The molecule has 0 heterocycles. The van der Waals surface area contributed by atoms with Crippen molar-refractivity contribution in [3.8, 4) is 0 Å². The van der Waals surface area contributed by atoms with Crippen LogP contribution in [0, 0.1) is 0 Å². The van der Waals surface area contributed by atoms with Crippen LogP contribution in [0.4, 0.5) is 0 Å². The zero-order chi connectivity index (χ0) is 14.6. The van der Waals surface area contributed by atoms with E-state index in [2.05, 4.69) is 36.5 Å². The van der Waals surface area contributed by atoms with Gasteiger partial charge < -0.3 is 5.32 Å². The van der Waals surface area contributed by atoms with Crippen molar-refractivity contribution in [2.45, 2.75) is 19.4 Å². The summed E-state index contributed by atoms with van der Waals surface area (Å²) < 4.78 is 21.7. The van der Waals surface area contributed by atoms with Gasteiger partial charge >= 0.3 is 0 Å². The predicted octanol–water partition coefficient (Wildman–Crippen LogP) is 2.17. The van der Waals surface area contributed by atoms with Crippen molar-refractivity contribution in [1.29, 1.82) is 0 Å². The monoisotopic (exact) mass is 292 g/mol. The minimum absolute atomic E-state index is 0.0161. The van der Waals surface area contributed by atoms with E-state index < -0.39 is 10.0 Å². The summed E-state index contributed by atoms with van der Waals surface area (Å²) in [6.45, 7) is 2.71. The third kappa shape index (κ3) is 4.03. The molecule has 4 nitrogen and oxygen atoms in total. The van der Waals surface area contributed by atoms with Gasteiger partial charge in [-0.15, -0.1) is 0 Å². The van der Waals surface area contributed by atoms with Crippen LogP contribution in [0.3, 0.4) is 0 Å². The summed E-state index contributed by atoms with van der Waals surface area (Å²) in [5.41, 5.74) is 1.22. The molecule has 0 spiro atoms. The van der Waals surface area contributed by atoms with E-state index in [1.165, 1.54) is 16.3 Å². The van der Waals surface area contributed by atoms with Crippen LogP contribution < -0.4 is 10.5 Å². The highest BCUT2D eigenvalue weighted by Gasteiger charge is 2.09. The van der Waals surface area contributed by atoms with E-state index >= 15 is 0 Å². The standard InChI is InChI=1S/C15H20N2O2S/c1-12(17-10-5-11-20(16,18)19)14-9-4-7-13-6-2-3-8-15(13)14/h2-4,6-9,12,17H,5,10-11H2,1H3,(H2,16,18,19). The van der Waals surface area contributed by atoms with Crippen LogP contribution in [0.5, 0.6) is 0 Å². The van der Waals surface area contributed by atoms with Gasteiger partial charge in [0.1, 0.15) is 0 Å². The molecule has 0 aromatic heterocycles. The fraction of sp³-hybridized carbons (Fsp3) is 0.333. The van der Waals surface area contributed by atoms with Crippen molar-refractivity contribution < 1.29 is 8.42 Å². The van der Waals surface area contributed by atoms with Crippen molar-refractivity contribution in [3.63, 3.8) is 0 Å². The maximum Gasteiger partial charge on any atom is 0.209 e. The lowest BCUT2D eigenvalue weighted by Gasteiger charge is -2.16. The maximum absolute atomic E-state index is 10.9. The van der Waals surface area contributed by atoms with Crippen molar-refractivity contribution in [2.24, 2.45) is 5.14 Å². The van der Waals surface area contributed by atoms with E-state index in [1.54, 1.807) is 0 Å². The summed E-state index contributed by atoms with van der Waals surface area (Å²) in [5.74, 6) is 0.0161. The third-order valence-electron chi connectivity index (χ3n) is 3.35. The van der Waals surface area contributed by atoms with Crippen LogP contribution >= 0.6 is 0 Å². The first-order valence-electron chi connectivity index (χ1n) is 6.69. The Morgan fingerprint density at radius 3 is 2.60 bits per heavy atom. The van der Waals surface area contributed by atoms with Gasteiger partial charge in [-0.1, -0.05) is 42.5 Å². The van der Waals surface area contributed by atoms with Gasteiger partial charge in [0.25, 0.3) is 0 Å². The summed E-state index contributed by atoms with van der Waals surface area (Å²) in [5, 5.41) is 10.8. The quantitative estimate of drug-likeness (QED) is 0.801. The van der Waals surface area contributed by atoms with Gasteiger partial charge in [-0.2, -0.15) is 0 Å². The Labute approximate surface area is 120 Å². The lowest BCUT2D eigenvalue weighted by Crippen LogP contribution is -2.24. The molecule has 5 heteroatoms. The molecule has 108 valence electrons. The van der Waals surface area contributed by atoms with Crippen molar-refractivity contribution in [1.82, 2.24) is 5.32 Å². The maximum atomic E-state index is 10.9. The second-order valence-corrected chi connectivity index (χ2v) is 6.70. The normalized spacial score (nSPS) is 13.5. The highest BCUT2D eigenvalue weighted by molar-refractivity contribution is 7.89. The molecule has 0 aliphatic rings. The van der Waals surface area contributed by atoms with Crippen LogP contribution in [-0.2, 0) is 10.0 Å². The molecule has 0 amide bonds. The molecule has 20 heavy (non-hydrogen) atoms. The lowest BCUT2D eigenvalue weighted by molar-refractivity contribution is 0.563. The summed E-state index contributed by atoms with van der Waals surface area (Å²) in [7, 11) is -3.36. The number of primary sulfonamides is 1. The van der Waals surface area contributed by atoms with Crippen LogP contribution in [0.2, 0.25) is 0 Å². The summed E-state index contributed by atoms with van der Waals surface area (Å²) in [4.78, 5) is 0. The Balaban J connectivity index is 2.03. The van der Waals surface area contributed by atoms with E-state index in [0.717, 1.165) is 0 Å². The van der Waals surface area contributed by atoms with E-state index in [-0.39, 0.29) is 11.8 Å². The first-order valence-corrected chi connectivity index (χ1v) is 8.40. The van der Waals surface area contributed by atoms with Crippen molar-refractivity contribution in [3.05, 3.63) is 48.0 Å². The third-order valence-corrected chi connectivity index (χ3v) is 4.20. The molecule has 0 fully saturated rings. The van der Waals surface area contributed by atoms with Crippen molar-refractivity contribution >= 4 is 20.8 Å². The fourth-order valence-corrected chi connectivity index (χ4v) is 2.88. The number of hydrogen-bond acceptors (Lipinski definition) is 3. The van der Waals surface area contributed by atoms with Crippen LogP contribution in [0.25, 0.3) is 10.8 Å². The molecule has 1 atom stereocenters. The molecule has 0 aliphatic heterocycles. The van der Waals surface area contributed by atoms with E-state index in [4.69, 9.17) is 5.14 Å². The number of hydrogen-bond donors (Lipinski definition) is 2. The zero-order valence-electron chi connectivity index (χ0n) is 11.5. The molecular weight excluding hydrogens is 272 g/mol. The molecular formula is C15H20N2O2S. The number of rotatable bonds is 6. The van der Waals surface area contributed by atoms with Crippen molar-refractivity contribution in [2.75, 3.05) is 12.3 Å². The number of fused-ring (bicyclic) bond motifs is 1. The fourth-order valence-electron chi connectivity index (χ4n) is 2.33. The average Bonchev–Trinajstić information content (AvgIpc) is 2.41. The summed E-state index contributed by atoms with van der Waals surface area (Å²) >= 11 is 0. The smallest absolute Gasteiger partial charge is 0.209 e. The van der Waals surface area contributed by atoms with E-state index in [0.29, 0.717) is 13.0 Å². The first-order chi connectivity index (χ1) is 9.47. The zero-order valence-corrected chi connectivity index (χ0v) is 12.4. The lowest BCUT2D eigenvalue weighted by atomic mass is 10.00. The molecule has 0 saturated heterocycles. The van der Waals surface area contributed by atoms with Gasteiger partial charge in [-0.3, -0.25) is 0 Å². The average molecular weight is 292 g/mol. The summed E-state index contributed by atoms with van der Waals surface area (Å²) in [6, 6.07) is 14.6. The molecule has 1 unspecified atom stereocenters. The Kier molecular flexibility index (Phi) is 4.75. The molecule has 2 rings (SSSR count). The van der Waals surface area contributed by atoms with E-state index in [1.807, 2.05) is 18.2 Å². The van der Waals surface area contributed by atoms with Gasteiger partial charge in [0, 0.05) is 6.04 Å². The second kappa shape index (κ2) is 6.35. The molecule has 0 bridgehead atoms. The number of nitrogens with two attached hydrogens (primary N) is 1. The SMILES string of the molecule is CC(NCCCS(N)(=O)=O)c1cccc2ccccc12. The van der Waals surface area contributed by atoms with Crippen LogP contribution in [0.1, 0.15) is 24.9 Å². The minimum atomic E-state index is -3.36. The first kappa shape index (κ1) is 15.0. The summed E-state index contributed by atoms with van der Waals surface area (Å²) in [6.07, 6.45) is 0.522. The largest absolute Gasteiger partial charge is 0.310 e. The molecule has 0 aliphatic carbocycles. The second-order valence-electron chi connectivity index (χ2n) is 4.96. The molecule has 0 saturated carbocycles. The van der Waals surface area contributed by atoms with Crippen LogP contribution in [-0.4, -0.2) is 20.7 Å². The van der Waals surface area contributed by atoms with Gasteiger partial charge in [-0.05, 0) is 36.2 Å². The minimum Gasteiger partial charge on any atom is -0.310 e. The van der Waals surface area contributed by atoms with Gasteiger partial charge in [0.05, 0.1) is 5.75 Å². The Morgan fingerprint density at radius 1 is 1.15 bits per heavy atom. The number of benzene rings is 2. The number of sulfonamides is 1. The van der Waals surface area contributed by atoms with Gasteiger partial charge in [-0.25, -0.2) is 13.6 Å². The predicted molar refractivity (Wildman–Crippen MR) is 83.0 cm³/mol. The number of nitrogens with one attached hydrogen (secondary N) is 1. The molecule has 2 aromatic carbocycles. The highest BCUT2D eigenvalue weighted by atomic mass is 32.2. The topological polar surface area (TPSA) is 72.2 Å². The van der Waals surface area contributed by atoms with Crippen LogP contribution in [0.15, 0.2) is 42.5 Å². The highest BCUT2D eigenvalue weighted by Crippen LogP contribution is 2.23. The van der Waals surface area contributed by atoms with E-state index in [9.17, 15) is 8.42 Å². The molecule has 2 aromatic rings. The van der Waals surface area contributed by atoms with Gasteiger partial charge in [0.2, 0.25) is 10.0 Å².